The molecule has 7 heteroatoms. The first-order valence-corrected chi connectivity index (χ1v) is 4.08. The molecular formula is C9H14N2O5. The van der Waals surface area contributed by atoms with E-state index in [4.69, 9.17) is 30.6 Å². The van der Waals surface area contributed by atoms with E-state index in [9.17, 15) is 4.79 Å². The van der Waals surface area contributed by atoms with Crippen molar-refractivity contribution in [3.05, 3.63) is 11.6 Å². The van der Waals surface area contributed by atoms with Gasteiger partial charge in [-0.1, -0.05) is 6.92 Å². The van der Waals surface area contributed by atoms with E-state index in [1.54, 1.807) is 6.92 Å². The van der Waals surface area contributed by atoms with Gasteiger partial charge in [0.1, 0.15) is 0 Å². The summed E-state index contributed by atoms with van der Waals surface area (Å²) in [7, 11) is 0. The second kappa shape index (κ2) is 15.4. The molecule has 0 amide bonds. The minimum absolute atomic E-state index is 0.189. The predicted octanol–water partition coefficient (Wildman–Crippen LogP) is 0.590. The average Bonchev–Trinajstić information content (AvgIpc) is 2.19. The van der Waals surface area contributed by atoms with Crippen molar-refractivity contribution in [3.63, 3.8) is 0 Å². The minimum Gasteiger partial charge on any atom is -0.478 e. The number of isocyanates is 2. The van der Waals surface area contributed by atoms with Crippen LogP contribution in [0.1, 0.15) is 20.3 Å². The van der Waals surface area contributed by atoms with Crippen LogP contribution < -0.4 is 0 Å². The fraction of sp³-hybridized carbons (Fsp3) is 0.444. The van der Waals surface area contributed by atoms with Crippen molar-refractivity contribution in [2.75, 3.05) is 0 Å². The second-order valence-corrected chi connectivity index (χ2v) is 2.33. The molecule has 0 aromatic rings. The molecule has 0 aliphatic carbocycles. The summed E-state index contributed by atoms with van der Waals surface area (Å²) in [5.41, 5.74) is 0.189. The van der Waals surface area contributed by atoms with E-state index in [0.29, 0.717) is 6.42 Å². The van der Waals surface area contributed by atoms with E-state index >= 15 is 0 Å². The number of hydrogen-bond donors (Lipinski definition) is 4. The largest absolute Gasteiger partial charge is 0.478 e. The monoisotopic (exact) mass is 230 g/mol. The van der Waals surface area contributed by atoms with Crippen LogP contribution in [0, 0.1) is 10.8 Å². The Morgan fingerprint density at radius 3 is 1.88 bits per heavy atom. The molecule has 0 fully saturated rings. The molecule has 0 aromatic heterocycles. The van der Waals surface area contributed by atoms with Gasteiger partial charge in [0.25, 0.3) is 0 Å². The number of carboxylic acids is 1. The number of hydrogen-bond acceptors (Lipinski definition) is 6. The first-order valence-electron chi connectivity index (χ1n) is 4.08. The highest BCUT2D eigenvalue weighted by Crippen LogP contribution is 1.98. The number of carbonyl (C=O) groups excluding carboxylic acids is 2. The van der Waals surface area contributed by atoms with Crippen LogP contribution in [0.15, 0.2) is 11.6 Å². The maximum absolute atomic E-state index is 10.2. The number of rotatable bonds is 3. The summed E-state index contributed by atoms with van der Waals surface area (Å²) >= 11 is 0. The Balaban J connectivity index is -0.000000235. The van der Waals surface area contributed by atoms with E-state index < -0.39 is 12.1 Å². The number of aliphatic hydroxyl groups excluding tert-OH is 1. The molecule has 0 rings (SSSR count). The van der Waals surface area contributed by atoms with Crippen LogP contribution in [0.4, 0.5) is 0 Å². The molecule has 1 atom stereocenters. The van der Waals surface area contributed by atoms with Crippen LogP contribution in [-0.2, 0) is 14.4 Å². The molecule has 0 heterocycles. The van der Waals surface area contributed by atoms with Crippen molar-refractivity contribution in [2.45, 2.75) is 26.4 Å². The van der Waals surface area contributed by atoms with Gasteiger partial charge in [0, 0.05) is 5.57 Å². The van der Waals surface area contributed by atoms with Crippen molar-refractivity contribution < 1.29 is 24.6 Å². The summed E-state index contributed by atoms with van der Waals surface area (Å²) in [5, 5.41) is 28.1. The molecule has 0 bridgehead atoms. The summed E-state index contributed by atoms with van der Waals surface area (Å²) in [6, 6.07) is 0. The third-order valence-electron chi connectivity index (χ3n) is 1.20. The van der Waals surface area contributed by atoms with Crippen molar-refractivity contribution >= 4 is 18.1 Å². The maximum Gasteiger partial charge on any atom is 0.331 e. The van der Waals surface area contributed by atoms with Crippen LogP contribution in [-0.4, -0.2) is 34.4 Å². The van der Waals surface area contributed by atoms with Gasteiger partial charge in [0.2, 0.25) is 12.2 Å². The zero-order chi connectivity index (χ0) is 13.6. The van der Waals surface area contributed by atoms with Crippen LogP contribution >= 0.6 is 0 Å². The van der Waals surface area contributed by atoms with Crippen LogP contribution in [0.2, 0.25) is 0 Å². The fourth-order valence-electron chi connectivity index (χ4n) is 0.478. The maximum atomic E-state index is 10.2. The molecule has 0 saturated carbocycles. The molecule has 0 saturated heterocycles. The highest BCUT2D eigenvalue weighted by molar-refractivity contribution is 5.85. The van der Waals surface area contributed by atoms with Gasteiger partial charge in [-0.25, -0.2) is 25.2 Å². The van der Waals surface area contributed by atoms with Gasteiger partial charge in [0.05, 0.1) is 6.10 Å². The molecule has 0 radical (unpaired) electrons. The van der Waals surface area contributed by atoms with Crippen molar-refractivity contribution in [1.82, 2.24) is 0 Å². The standard InChI is InChI=1S/C7H12O3.2CHNO/c1-3-6(8)4-5(2)7(9)10;2*2-1-3/h4,6,8H,3H2,1-2H3,(H,9,10);2*2H. The Labute approximate surface area is 92.4 Å². The number of carboxylic acid groups (broad SMARTS) is 1. The zero-order valence-electron chi connectivity index (χ0n) is 8.98. The number of carbonyl (C=O) groups is 1. The highest BCUT2D eigenvalue weighted by Gasteiger charge is 2.02. The smallest absolute Gasteiger partial charge is 0.331 e. The van der Waals surface area contributed by atoms with Crippen LogP contribution in [0.5, 0.6) is 0 Å². The van der Waals surface area contributed by atoms with Gasteiger partial charge in [-0.15, -0.1) is 0 Å². The molecule has 0 aromatic carbocycles. The molecule has 90 valence electrons. The van der Waals surface area contributed by atoms with Crippen LogP contribution in [0.25, 0.3) is 0 Å². The zero-order valence-corrected chi connectivity index (χ0v) is 8.98. The number of nitrogens with one attached hydrogen (secondary N) is 2. The van der Waals surface area contributed by atoms with E-state index in [2.05, 4.69) is 0 Å². The molecule has 0 aliphatic rings. The number of aliphatic hydroxyl groups is 1. The minimum atomic E-state index is -0.979. The van der Waals surface area contributed by atoms with Gasteiger partial charge >= 0.3 is 5.97 Å². The molecule has 0 aliphatic heterocycles. The summed E-state index contributed by atoms with van der Waals surface area (Å²) in [6.45, 7) is 3.25. The van der Waals surface area contributed by atoms with Gasteiger partial charge in [0.15, 0.2) is 0 Å². The van der Waals surface area contributed by atoms with E-state index in [1.165, 1.54) is 13.0 Å². The number of aliphatic carboxylic acids is 1. The average molecular weight is 230 g/mol. The van der Waals surface area contributed by atoms with E-state index in [1.807, 2.05) is 0 Å². The second-order valence-electron chi connectivity index (χ2n) is 2.33. The molecular weight excluding hydrogens is 216 g/mol. The third-order valence-corrected chi connectivity index (χ3v) is 1.20. The van der Waals surface area contributed by atoms with E-state index in [-0.39, 0.29) is 5.57 Å². The fourth-order valence-corrected chi connectivity index (χ4v) is 0.478. The predicted molar refractivity (Wildman–Crippen MR) is 54.5 cm³/mol. The summed E-state index contributed by atoms with van der Waals surface area (Å²) in [5.74, 6) is -0.979. The lowest BCUT2D eigenvalue weighted by atomic mass is 10.2. The summed E-state index contributed by atoms with van der Waals surface area (Å²) < 4.78 is 0. The summed E-state index contributed by atoms with van der Waals surface area (Å²) in [4.78, 5) is 26.9. The molecule has 1 unspecified atom stereocenters. The van der Waals surface area contributed by atoms with Gasteiger partial charge < -0.3 is 10.2 Å². The van der Waals surface area contributed by atoms with Crippen LogP contribution in [0.3, 0.4) is 0 Å². The van der Waals surface area contributed by atoms with E-state index in [0.717, 1.165) is 12.2 Å². The Morgan fingerprint density at radius 1 is 1.38 bits per heavy atom. The normalized spacial score (nSPS) is 10.3. The van der Waals surface area contributed by atoms with Gasteiger partial charge in [-0.3, -0.25) is 0 Å². The molecule has 0 spiro atoms. The quantitative estimate of drug-likeness (QED) is 0.319. The Bertz CT molecular complexity index is 274. The van der Waals surface area contributed by atoms with Crippen molar-refractivity contribution in [3.8, 4) is 0 Å². The topological polar surface area (TPSA) is 139 Å². The SMILES string of the molecule is CCC(O)C=C(C)C(=O)O.N=C=O.N=C=O. The Kier molecular flexibility index (Phi) is 18.8. The van der Waals surface area contributed by atoms with Gasteiger partial charge in [-0.05, 0) is 19.4 Å². The molecule has 7 nitrogen and oxygen atoms in total. The highest BCUT2D eigenvalue weighted by atomic mass is 16.4. The van der Waals surface area contributed by atoms with Crippen molar-refractivity contribution in [1.29, 1.82) is 10.8 Å². The first kappa shape index (κ1) is 19.5. The lowest BCUT2D eigenvalue weighted by molar-refractivity contribution is -0.132. The van der Waals surface area contributed by atoms with Crippen molar-refractivity contribution in [2.24, 2.45) is 0 Å². The first-order chi connectivity index (χ1) is 7.40. The molecule has 4 N–H and O–H groups in total. The lowest BCUT2D eigenvalue weighted by Crippen LogP contribution is -2.04. The Hall–Kier alpha value is -2.07. The molecule has 16 heavy (non-hydrogen) atoms. The third kappa shape index (κ3) is 22.7. The lowest BCUT2D eigenvalue weighted by Gasteiger charge is -1.99. The Morgan fingerprint density at radius 2 is 1.69 bits per heavy atom. The van der Waals surface area contributed by atoms with Gasteiger partial charge in [-0.2, -0.15) is 0 Å². The summed E-state index contributed by atoms with van der Waals surface area (Å²) in [6.07, 6.45) is 2.75.